The number of halogens is 2. The number of alkyl halides is 1. The molecule has 14 heavy (non-hydrogen) atoms. The van der Waals surface area contributed by atoms with Crippen LogP contribution in [0.25, 0.3) is 0 Å². The van der Waals surface area contributed by atoms with Crippen LogP contribution in [0.4, 0.5) is 4.39 Å². The van der Waals surface area contributed by atoms with Crippen LogP contribution >= 0.6 is 11.6 Å². The topological polar surface area (TPSA) is 12.0 Å². The lowest BCUT2D eigenvalue weighted by atomic mass is 9.85. The van der Waals surface area contributed by atoms with E-state index < -0.39 is 0 Å². The van der Waals surface area contributed by atoms with E-state index in [2.05, 4.69) is 19.2 Å². The van der Waals surface area contributed by atoms with Crippen LogP contribution in [0.3, 0.4) is 0 Å². The third-order valence-electron chi connectivity index (χ3n) is 2.29. The summed E-state index contributed by atoms with van der Waals surface area (Å²) in [5, 5.41) is 3.07. The summed E-state index contributed by atoms with van der Waals surface area (Å²) in [4.78, 5) is 0. The van der Waals surface area contributed by atoms with Gasteiger partial charge in [-0.15, -0.1) is 11.6 Å². The zero-order chi connectivity index (χ0) is 10.6. The monoisotopic (exact) mass is 215 g/mol. The minimum Gasteiger partial charge on any atom is -0.303 e. The fourth-order valence-electron chi connectivity index (χ4n) is 1.36. The normalized spacial score (nSPS) is 11.7. The fraction of sp³-hybridized carbons (Fsp3) is 0.455. The van der Waals surface area contributed by atoms with Gasteiger partial charge in [0.1, 0.15) is 5.82 Å². The van der Waals surface area contributed by atoms with Gasteiger partial charge in [0.2, 0.25) is 0 Å². The first kappa shape index (κ1) is 11.5. The van der Waals surface area contributed by atoms with E-state index in [1.807, 2.05) is 12.1 Å². The van der Waals surface area contributed by atoms with Gasteiger partial charge < -0.3 is 5.32 Å². The Labute approximate surface area is 89.3 Å². The predicted molar refractivity (Wildman–Crippen MR) is 58.1 cm³/mol. The molecule has 1 rings (SSSR count). The van der Waals surface area contributed by atoms with Crippen molar-refractivity contribution in [3.63, 3.8) is 0 Å². The molecule has 1 N–H and O–H groups in total. The molecule has 1 aromatic rings. The summed E-state index contributed by atoms with van der Waals surface area (Å²) in [5.41, 5.74) is 1.08. The second-order valence-corrected chi connectivity index (χ2v) is 4.22. The Balaban J connectivity index is 2.75. The molecule has 0 heterocycles. The van der Waals surface area contributed by atoms with Crippen LogP contribution < -0.4 is 5.32 Å². The van der Waals surface area contributed by atoms with Crippen LogP contribution in [-0.4, -0.2) is 12.5 Å². The third-order valence-corrected chi connectivity index (χ3v) is 2.48. The Morgan fingerprint density at radius 3 is 2.36 bits per heavy atom. The average molecular weight is 216 g/mol. The molecule has 0 aliphatic heterocycles. The molecule has 0 aromatic heterocycles. The van der Waals surface area contributed by atoms with Gasteiger partial charge in [0.25, 0.3) is 0 Å². The summed E-state index contributed by atoms with van der Waals surface area (Å²) >= 11 is 5.55. The summed E-state index contributed by atoms with van der Waals surface area (Å²) in [5.74, 6) is -0.199. The predicted octanol–water partition coefficient (Wildman–Crippen LogP) is 2.89. The van der Waals surface area contributed by atoms with Gasteiger partial charge in [-0.05, 0) is 17.7 Å². The van der Waals surface area contributed by atoms with Crippen LogP contribution in [0.1, 0.15) is 19.4 Å². The van der Waals surface area contributed by atoms with E-state index in [-0.39, 0.29) is 11.2 Å². The van der Waals surface area contributed by atoms with E-state index in [4.69, 9.17) is 11.6 Å². The number of hydrogen-bond acceptors (Lipinski definition) is 1. The molecule has 0 saturated heterocycles. The SMILES string of the molecule is CC(C)(CNCCl)c1ccc(F)cc1. The molecule has 1 nitrogen and oxygen atoms in total. The van der Waals surface area contributed by atoms with Gasteiger partial charge in [0.05, 0.1) is 6.00 Å². The van der Waals surface area contributed by atoms with Gasteiger partial charge in [-0.2, -0.15) is 0 Å². The van der Waals surface area contributed by atoms with E-state index in [9.17, 15) is 4.39 Å². The lowest BCUT2D eigenvalue weighted by Crippen LogP contribution is -2.32. The van der Waals surface area contributed by atoms with Crippen molar-refractivity contribution >= 4 is 11.6 Å². The minimum absolute atomic E-state index is 0.0252. The first-order chi connectivity index (χ1) is 6.56. The first-order valence-corrected chi connectivity index (χ1v) is 5.12. The maximum absolute atomic E-state index is 12.7. The van der Waals surface area contributed by atoms with E-state index in [0.717, 1.165) is 12.1 Å². The van der Waals surface area contributed by atoms with Crippen molar-refractivity contribution in [1.82, 2.24) is 5.32 Å². The molecule has 0 spiro atoms. The van der Waals surface area contributed by atoms with Crippen molar-refractivity contribution < 1.29 is 4.39 Å². The first-order valence-electron chi connectivity index (χ1n) is 4.59. The maximum Gasteiger partial charge on any atom is 0.123 e. The van der Waals surface area contributed by atoms with E-state index in [1.165, 1.54) is 12.1 Å². The summed E-state index contributed by atoms with van der Waals surface area (Å²) in [6.45, 7) is 4.97. The van der Waals surface area contributed by atoms with Gasteiger partial charge in [-0.3, -0.25) is 0 Å². The van der Waals surface area contributed by atoms with Crippen molar-refractivity contribution in [2.75, 3.05) is 12.5 Å². The second kappa shape index (κ2) is 4.76. The Kier molecular flexibility index (Phi) is 3.90. The Hall–Kier alpha value is -0.600. The zero-order valence-electron chi connectivity index (χ0n) is 8.48. The molecule has 0 radical (unpaired) electrons. The summed E-state index contributed by atoms with van der Waals surface area (Å²) in [6, 6.07) is 7.02. The molecule has 1 aromatic carbocycles. The van der Waals surface area contributed by atoms with Crippen LogP contribution in [0.2, 0.25) is 0 Å². The Morgan fingerprint density at radius 2 is 1.86 bits per heavy atom. The molecule has 3 heteroatoms. The standard InChI is InChI=1S/C11H15ClFN/c1-11(2,7-14-8-12)9-3-5-10(13)6-4-9/h3-6,14H,7-8H2,1-2H3. The molecular formula is C11H15ClFN. The lowest BCUT2D eigenvalue weighted by Gasteiger charge is -2.25. The molecule has 78 valence electrons. The van der Waals surface area contributed by atoms with E-state index in [1.54, 1.807) is 0 Å². The quantitative estimate of drug-likeness (QED) is 0.602. The van der Waals surface area contributed by atoms with Crippen molar-refractivity contribution in [1.29, 1.82) is 0 Å². The van der Waals surface area contributed by atoms with Crippen molar-refractivity contribution in [3.8, 4) is 0 Å². The highest BCUT2D eigenvalue weighted by Crippen LogP contribution is 2.22. The summed E-state index contributed by atoms with van der Waals surface area (Å²) < 4.78 is 12.7. The summed E-state index contributed by atoms with van der Waals surface area (Å²) in [6.07, 6.45) is 0. The number of benzene rings is 1. The zero-order valence-corrected chi connectivity index (χ0v) is 9.24. The number of nitrogens with one attached hydrogen (secondary N) is 1. The smallest absolute Gasteiger partial charge is 0.123 e. The van der Waals surface area contributed by atoms with Crippen LogP contribution in [0.5, 0.6) is 0 Å². The molecule has 0 atom stereocenters. The average Bonchev–Trinajstić information content (AvgIpc) is 2.16. The van der Waals surface area contributed by atoms with Crippen molar-refractivity contribution in [2.45, 2.75) is 19.3 Å². The Bertz CT molecular complexity index is 282. The van der Waals surface area contributed by atoms with Gasteiger partial charge in [-0.1, -0.05) is 26.0 Å². The second-order valence-electron chi connectivity index (χ2n) is 3.95. The van der Waals surface area contributed by atoms with Crippen LogP contribution in [0, 0.1) is 5.82 Å². The molecule has 0 aliphatic rings. The van der Waals surface area contributed by atoms with Gasteiger partial charge >= 0.3 is 0 Å². The highest BCUT2D eigenvalue weighted by molar-refractivity contribution is 6.17. The molecule has 0 bridgehead atoms. The number of rotatable bonds is 4. The molecule has 0 amide bonds. The largest absolute Gasteiger partial charge is 0.303 e. The molecule has 0 aliphatic carbocycles. The van der Waals surface area contributed by atoms with E-state index in [0.29, 0.717) is 6.00 Å². The lowest BCUT2D eigenvalue weighted by molar-refractivity contribution is 0.488. The molecule has 0 fully saturated rings. The fourth-order valence-corrected chi connectivity index (χ4v) is 1.46. The van der Waals surface area contributed by atoms with Gasteiger partial charge in [0.15, 0.2) is 0 Å². The highest BCUT2D eigenvalue weighted by Gasteiger charge is 2.19. The summed E-state index contributed by atoms with van der Waals surface area (Å²) in [7, 11) is 0. The highest BCUT2D eigenvalue weighted by atomic mass is 35.5. The van der Waals surface area contributed by atoms with Crippen LogP contribution in [0.15, 0.2) is 24.3 Å². The number of hydrogen-bond donors (Lipinski definition) is 1. The van der Waals surface area contributed by atoms with Crippen molar-refractivity contribution in [3.05, 3.63) is 35.6 Å². The van der Waals surface area contributed by atoms with E-state index >= 15 is 0 Å². The van der Waals surface area contributed by atoms with Gasteiger partial charge in [-0.25, -0.2) is 4.39 Å². The van der Waals surface area contributed by atoms with Crippen LogP contribution in [-0.2, 0) is 5.41 Å². The molecule has 0 unspecified atom stereocenters. The third kappa shape index (κ3) is 2.96. The molecule has 0 saturated carbocycles. The van der Waals surface area contributed by atoms with Gasteiger partial charge in [0, 0.05) is 12.0 Å². The minimum atomic E-state index is -0.199. The Morgan fingerprint density at radius 1 is 1.29 bits per heavy atom. The molecular weight excluding hydrogens is 201 g/mol. The maximum atomic E-state index is 12.7. The van der Waals surface area contributed by atoms with Crippen molar-refractivity contribution in [2.24, 2.45) is 0 Å².